The van der Waals surface area contributed by atoms with E-state index in [2.05, 4.69) is 5.32 Å². The molecular formula is C12H18N2O4. The van der Waals surface area contributed by atoms with Crippen molar-refractivity contribution in [2.24, 2.45) is 5.92 Å². The van der Waals surface area contributed by atoms with Gasteiger partial charge in [-0.3, -0.25) is 14.4 Å². The molecule has 0 aromatic carbocycles. The van der Waals surface area contributed by atoms with Gasteiger partial charge in [0.25, 0.3) is 0 Å². The Hall–Kier alpha value is -1.59. The van der Waals surface area contributed by atoms with Crippen LogP contribution in [0, 0.1) is 5.92 Å². The SMILES string of the molecule is CC(C(=O)NC1CC1)N1CC(C(=O)O)CCC1=O. The molecule has 0 bridgehead atoms. The third kappa shape index (κ3) is 2.80. The largest absolute Gasteiger partial charge is 0.481 e. The van der Waals surface area contributed by atoms with E-state index >= 15 is 0 Å². The smallest absolute Gasteiger partial charge is 0.308 e. The second kappa shape index (κ2) is 4.96. The summed E-state index contributed by atoms with van der Waals surface area (Å²) in [6.45, 7) is 1.78. The molecule has 2 aliphatic rings. The van der Waals surface area contributed by atoms with E-state index in [-0.39, 0.29) is 30.8 Å². The fourth-order valence-electron chi connectivity index (χ4n) is 2.14. The standard InChI is InChI=1S/C12H18N2O4/c1-7(11(16)13-9-3-4-9)14-6-8(12(17)18)2-5-10(14)15/h7-9H,2-6H2,1H3,(H,13,16)(H,17,18). The van der Waals surface area contributed by atoms with Crippen LogP contribution in [0.3, 0.4) is 0 Å². The summed E-state index contributed by atoms with van der Waals surface area (Å²) in [4.78, 5) is 36.0. The van der Waals surface area contributed by atoms with Crippen molar-refractivity contribution in [3.8, 4) is 0 Å². The minimum Gasteiger partial charge on any atom is -0.481 e. The van der Waals surface area contributed by atoms with Crippen molar-refractivity contribution >= 4 is 17.8 Å². The van der Waals surface area contributed by atoms with Crippen LogP contribution in [0.25, 0.3) is 0 Å². The zero-order chi connectivity index (χ0) is 13.3. The maximum Gasteiger partial charge on any atom is 0.308 e. The number of nitrogens with one attached hydrogen (secondary N) is 1. The number of carbonyl (C=O) groups is 3. The van der Waals surface area contributed by atoms with Gasteiger partial charge in [-0.15, -0.1) is 0 Å². The predicted molar refractivity (Wildman–Crippen MR) is 62.7 cm³/mol. The van der Waals surface area contributed by atoms with Gasteiger partial charge in [0.2, 0.25) is 11.8 Å². The van der Waals surface area contributed by atoms with E-state index < -0.39 is 17.9 Å². The lowest BCUT2D eigenvalue weighted by Crippen LogP contribution is -2.53. The average molecular weight is 254 g/mol. The van der Waals surface area contributed by atoms with Gasteiger partial charge in [0.1, 0.15) is 6.04 Å². The number of carboxylic acid groups (broad SMARTS) is 1. The fraction of sp³-hybridized carbons (Fsp3) is 0.750. The molecular weight excluding hydrogens is 236 g/mol. The third-order valence-corrected chi connectivity index (χ3v) is 3.56. The number of nitrogens with zero attached hydrogens (tertiary/aromatic N) is 1. The number of piperidine rings is 1. The van der Waals surface area contributed by atoms with Gasteiger partial charge in [0.15, 0.2) is 0 Å². The van der Waals surface area contributed by atoms with Gasteiger partial charge in [-0.2, -0.15) is 0 Å². The fourth-order valence-corrected chi connectivity index (χ4v) is 2.14. The van der Waals surface area contributed by atoms with Crippen LogP contribution in [0.2, 0.25) is 0 Å². The van der Waals surface area contributed by atoms with E-state index in [0.717, 1.165) is 12.8 Å². The Bertz CT molecular complexity index is 378. The molecule has 2 rings (SSSR count). The number of aliphatic carboxylic acids is 1. The van der Waals surface area contributed by atoms with Crippen LogP contribution in [-0.2, 0) is 14.4 Å². The Labute approximate surface area is 105 Å². The van der Waals surface area contributed by atoms with Crippen molar-refractivity contribution in [3.63, 3.8) is 0 Å². The monoisotopic (exact) mass is 254 g/mol. The zero-order valence-corrected chi connectivity index (χ0v) is 10.4. The Morgan fingerprint density at radius 2 is 2.06 bits per heavy atom. The summed E-state index contributed by atoms with van der Waals surface area (Å²) < 4.78 is 0. The lowest BCUT2D eigenvalue weighted by Gasteiger charge is -2.34. The third-order valence-electron chi connectivity index (χ3n) is 3.56. The molecule has 1 heterocycles. The molecule has 1 saturated heterocycles. The average Bonchev–Trinajstić information content (AvgIpc) is 3.12. The van der Waals surface area contributed by atoms with Crippen molar-refractivity contribution in [2.45, 2.75) is 44.7 Å². The summed E-state index contributed by atoms with van der Waals surface area (Å²) in [5.74, 6) is -1.77. The summed E-state index contributed by atoms with van der Waals surface area (Å²) in [6, 6.07) is -0.338. The minimum atomic E-state index is -0.901. The van der Waals surface area contributed by atoms with Gasteiger partial charge in [-0.25, -0.2) is 0 Å². The van der Waals surface area contributed by atoms with Crippen LogP contribution >= 0.6 is 0 Å². The van der Waals surface area contributed by atoms with Gasteiger partial charge in [0, 0.05) is 19.0 Å². The van der Waals surface area contributed by atoms with Crippen molar-refractivity contribution in [1.29, 1.82) is 0 Å². The number of amides is 2. The van der Waals surface area contributed by atoms with Crippen molar-refractivity contribution < 1.29 is 19.5 Å². The first kappa shape index (κ1) is 12.9. The molecule has 1 aliphatic heterocycles. The van der Waals surface area contributed by atoms with Crippen molar-refractivity contribution in [2.75, 3.05) is 6.54 Å². The first-order chi connectivity index (χ1) is 8.49. The van der Waals surface area contributed by atoms with Crippen LogP contribution in [0.4, 0.5) is 0 Å². The predicted octanol–water partition coefficient (Wildman–Crippen LogP) is -0.0233. The van der Waals surface area contributed by atoms with E-state index in [0.29, 0.717) is 6.42 Å². The van der Waals surface area contributed by atoms with Crippen molar-refractivity contribution in [1.82, 2.24) is 10.2 Å². The van der Waals surface area contributed by atoms with Gasteiger partial charge in [-0.1, -0.05) is 0 Å². The molecule has 2 fully saturated rings. The lowest BCUT2D eigenvalue weighted by molar-refractivity contribution is -0.151. The quantitative estimate of drug-likeness (QED) is 0.738. The number of likely N-dealkylation sites (tertiary alicyclic amines) is 1. The van der Waals surface area contributed by atoms with Crippen LogP contribution in [-0.4, -0.2) is 46.4 Å². The molecule has 2 unspecified atom stereocenters. The van der Waals surface area contributed by atoms with E-state index in [4.69, 9.17) is 5.11 Å². The molecule has 100 valence electrons. The molecule has 2 atom stereocenters. The molecule has 1 saturated carbocycles. The second-order valence-corrected chi connectivity index (χ2v) is 5.08. The van der Waals surface area contributed by atoms with E-state index in [1.54, 1.807) is 6.92 Å². The van der Waals surface area contributed by atoms with Crippen LogP contribution in [0.15, 0.2) is 0 Å². The van der Waals surface area contributed by atoms with Gasteiger partial charge in [-0.05, 0) is 26.2 Å². The molecule has 18 heavy (non-hydrogen) atoms. The summed E-state index contributed by atoms with van der Waals surface area (Å²) in [6.07, 6.45) is 2.55. The highest BCUT2D eigenvalue weighted by Crippen LogP contribution is 2.22. The van der Waals surface area contributed by atoms with Crippen LogP contribution in [0.1, 0.15) is 32.6 Å². The number of hydrogen-bond donors (Lipinski definition) is 2. The van der Waals surface area contributed by atoms with Gasteiger partial charge < -0.3 is 15.3 Å². The second-order valence-electron chi connectivity index (χ2n) is 5.08. The van der Waals surface area contributed by atoms with E-state index in [9.17, 15) is 14.4 Å². The number of carbonyl (C=O) groups excluding carboxylic acids is 2. The Morgan fingerprint density at radius 3 is 2.61 bits per heavy atom. The zero-order valence-electron chi connectivity index (χ0n) is 10.4. The molecule has 2 N–H and O–H groups in total. The first-order valence-electron chi connectivity index (χ1n) is 6.31. The summed E-state index contributed by atoms with van der Waals surface area (Å²) >= 11 is 0. The van der Waals surface area contributed by atoms with Crippen molar-refractivity contribution in [3.05, 3.63) is 0 Å². The molecule has 1 aliphatic carbocycles. The molecule has 0 aromatic heterocycles. The molecule has 0 aromatic rings. The number of hydrogen-bond acceptors (Lipinski definition) is 3. The maximum atomic E-state index is 11.9. The highest BCUT2D eigenvalue weighted by atomic mass is 16.4. The highest BCUT2D eigenvalue weighted by Gasteiger charge is 2.36. The topological polar surface area (TPSA) is 86.7 Å². The molecule has 2 amide bonds. The summed E-state index contributed by atoms with van der Waals surface area (Å²) in [7, 11) is 0. The van der Waals surface area contributed by atoms with E-state index in [1.165, 1.54) is 4.90 Å². The van der Waals surface area contributed by atoms with E-state index in [1.807, 2.05) is 0 Å². The number of carboxylic acids is 1. The van der Waals surface area contributed by atoms with Gasteiger partial charge >= 0.3 is 5.97 Å². The molecule has 0 spiro atoms. The highest BCUT2D eigenvalue weighted by molar-refractivity contribution is 5.89. The normalized spacial score (nSPS) is 25.7. The Kier molecular flexibility index (Phi) is 3.54. The lowest BCUT2D eigenvalue weighted by atomic mass is 9.96. The maximum absolute atomic E-state index is 11.9. The molecule has 6 nitrogen and oxygen atoms in total. The summed E-state index contributed by atoms with van der Waals surface area (Å²) in [5, 5.41) is 11.8. The Balaban J connectivity index is 1.97. The minimum absolute atomic E-state index is 0.132. The Morgan fingerprint density at radius 1 is 1.39 bits per heavy atom. The van der Waals surface area contributed by atoms with Crippen LogP contribution < -0.4 is 5.32 Å². The van der Waals surface area contributed by atoms with Crippen LogP contribution in [0.5, 0.6) is 0 Å². The molecule has 0 radical (unpaired) electrons. The first-order valence-corrected chi connectivity index (χ1v) is 6.31. The van der Waals surface area contributed by atoms with Gasteiger partial charge in [0.05, 0.1) is 5.92 Å². The molecule has 6 heteroatoms. The number of rotatable bonds is 4. The summed E-state index contributed by atoms with van der Waals surface area (Å²) in [5.41, 5.74) is 0.